The minimum atomic E-state index is 0.493. The first-order valence-electron chi connectivity index (χ1n) is 7.19. The molecule has 2 saturated heterocycles. The predicted octanol–water partition coefficient (Wildman–Crippen LogP) is 2.07. The second-order valence-electron chi connectivity index (χ2n) is 5.56. The highest BCUT2D eigenvalue weighted by Crippen LogP contribution is 2.32. The van der Waals surface area contributed by atoms with Gasteiger partial charge in [0, 0.05) is 5.39 Å². The van der Waals surface area contributed by atoms with Crippen molar-refractivity contribution in [2.24, 2.45) is 0 Å². The minimum absolute atomic E-state index is 0.493. The van der Waals surface area contributed by atoms with Crippen LogP contribution in [0.5, 0.6) is 0 Å². The fraction of sp³-hybridized carbons (Fsp3) is 0.533. The molecule has 2 aliphatic heterocycles. The zero-order chi connectivity index (χ0) is 12.7. The molecule has 3 heterocycles. The Morgan fingerprint density at radius 1 is 1.16 bits per heavy atom. The average Bonchev–Trinajstić information content (AvgIpc) is 2.78. The van der Waals surface area contributed by atoms with Crippen LogP contribution in [0.25, 0.3) is 10.9 Å². The van der Waals surface area contributed by atoms with Gasteiger partial charge >= 0.3 is 0 Å². The van der Waals surface area contributed by atoms with Crippen molar-refractivity contribution in [2.45, 2.75) is 24.8 Å². The van der Waals surface area contributed by atoms with Gasteiger partial charge in [-0.25, -0.2) is 0 Å². The van der Waals surface area contributed by atoms with Crippen LogP contribution in [0, 0.1) is 0 Å². The molecule has 1 aromatic carbocycles. The number of nitrogens with one attached hydrogen (secondary N) is 1. The third-order valence-corrected chi connectivity index (χ3v) is 4.32. The number of rotatable bonds is 2. The smallest absolute Gasteiger partial charge is 0.0780 e. The molecule has 0 aliphatic carbocycles. The largest absolute Gasteiger partial charge is 0.380 e. The average molecular weight is 257 g/mol. The van der Waals surface area contributed by atoms with Gasteiger partial charge in [-0.2, -0.15) is 5.10 Å². The number of nitrogens with zero attached hydrogens (tertiary/aromatic N) is 2. The lowest BCUT2D eigenvalue weighted by molar-refractivity contribution is 0.00689. The fourth-order valence-corrected chi connectivity index (χ4v) is 3.14. The third kappa shape index (κ3) is 1.86. The van der Waals surface area contributed by atoms with Crippen molar-refractivity contribution in [2.75, 3.05) is 26.3 Å². The monoisotopic (exact) mass is 257 g/mol. The second kappa shape index (κ2) is 4.62. The Bertz CT molecular complexity index is 582. The number of para-hydroxylation sites is 1. The van der Waals surface area contributed by atoms with Gasteiger partial charge in [-0.15, -0.1) is 0 Å². The van der Waals surface area contributed by atoms with Crippen LogP contribution in [0.2, 0.25) is 0 Å². The summed E-state index contributed by atoms with van der Waals surface area (Å²) < 4.78 is 7.60. The Hall–Kier alpha value is -1.39. The number of hydrogen-bond acceptors (Lipinski definition) is 3. The van der Waals surface area contributed by atoms with E-state index in [0.29, 0.717) is 12.0 Å². The van der Waals surface area contributed by atoms with Gasteiger partial charge in [0.15, 0.2) is 0 Å². The standard InChI is InChI=1S/C15H19N3O/c1-2-4-14-13(3-1)15(11-9-19-10-11)17-18(14)12-5-7-16-8-6-12/h1-4,11-12,16H,5-10H2. The molecule has 0 saturated carbocycles. The Balaban J connectivity index is 1.80. The summed E-state index contributed by atoms with van der Waals surface area (Å²) in [5.41, 5.74) is 2.52. The zero-order valence-electron chi connectivity index (χ0n) is 11.0. The van der Waals surface area contributed by atoms with E-state index < -0.39 is 0 Å². The maximum absolute atomic E-state index is 5.33. The van der Waals surface area contributed by atoms with Gasteiger partial charge in [-0.3, -0.25) is 4.68 Å². The van der Waals surface area contributed by atoms with Crippen molar-refractivity contribution in [3.8, 4) is 0 Å². The molecule has 0 unspecified atom stereocenters. The first-order valence-corrected chi connectivity index (χ1v) is 7.19. The highest BCUT2D eigenvalue weighted by atomic mass is 16.5. The number of ether oxygens (including phenoxy) is 1. The summed E-state index contributed by atoms with van der Waals surface area (Å²) in [6.07, 6.45) is 2.35. The summed E-state index contributed by atoms with van der Waals surface area (Å²) in [6.45, 7) is 3.85. The third-order valence-electron chi connectivity index (χ3n) is 4.32. The first kappa shape index (κ1) is 11.4. The molecule has 2 aliphatic rings. The summed E-state index contributed by atoms with van der Waals surface area (Å²) >= 11 is 0. The topological polar surface area (TPSA) is 39.1 Å². The number of piperidine rings is 1. The second-order valence-corrected chi connectivity index (χ2v) is 5.56. The van der Waals surface area contributed by atoms with Crippen molar-refractivity contribution in [3.05, 3.63) is 30.0 Å². The van der Waals surface area contributed by atoms with Crippen LogP contribution in [0.3, 0.4) is 0 Å². The molecule has 1 N–H and O–H groups in total. The maximum atomic E-state index is 5.33. The maximum Gasteiger partial charge on any atom is 0.0780 e. The molecule has 2 fully saturated rings. The fourth-order valence-electron chi connectivity index (χ4n) is 3.14. The Morgan fingerprint density at radius 2 is 1.95 bits per heavy atom. The molecule has 0 bridgehead atoms. The molecular formula is C15H19N3O. The van der Waals surface area contributed by atoms with Gasteiger partial charge in [0.25, 0.3) is 0 Å². The Labute approximate surface area is 112 Å². The molecule has 4 rings (SSSR count). The lowest BCUT2D eigenvalue weighted by atomic mass is 10.0. The van der Waals surface area contributed by atoms with E-state index in [-0.39, 0.29) is 0 Å². The van der Waals surface area contributed by atoms with Crippen molar-refractivity contribution in [1.29, 1.82) is 0 Å². The van der Waals surface area contributed by atoms with Gasteiger partial charge in [0.1, 0.15) is 0 Å². The molecule has 0 amide bonds. The molecule has 19 heavy (non-hydrogen) atoms. The Kier molecular flexibility index (Phi) is 2.78. The van der Waals surface area contributed by atoms with E-state index in [0.717, 1.165) is 26.3 Å². The number of aromatic nitrogens is 2. The van der Waals surface area contributed by atoms with Crippen LogP contribution >= 0.6 is 0 Å². The molecule has 1 aromatic heterocycles. The summed E-state index contributed by atoms with van der Waals surface area (Å²) in [7, 11) is 0. The molecule has 0 spiro atoms. The molecule has 2 aromatic rings. The Morgan fingerprint density at radius 3 is 2.68 bits per heavy atom. The van der Waals surface area contributed by atoms with Crippen LogP contribution in [0.15, 0.2) is 24.3 Å². The van der Waals surface area contributed by atoms with Crippen molar-refractivity contribution in [1.82, 2.24) is 15.1 Å². The van der Waals surface area contributed by atoms with Crippen molar-refractivity contribution >= 4 is 10.9 Å². The summed E-state index contributed by atoms with van der Waals surface area (Å²) in [5, 5.41) is 9.68. The molecular weight excluding hydrogens is 238 g/mol. The minimum Gasteiger partial charge on any atom is -0.380 e. The number of hydrogen-bond donors (Lipinski definition) is 1. The van der Waals surface area contributed by atoms with E-state index in [9.17, 15) is 0 Å². The molecule has 100 valence electrons. The highest BCUT2D eigenvalue weighted by molar-refractivity contribution is 5.82. The van der Waals surface area contributed by atoms with Gasteiger partial charge in [-0.1, -0.05) is 18.2 Å². The predicted molar refractivity (Wildman–Crippen MR) is 74.4 cm³/mol. The van der Waals surface area contributed by atoms with Gasteiger partial charge < -0.3 is 10.1 Å². The summed E-state index contributed by atoms with van der Waals surface area (Å²) in [5.74, 6) is 0.493. The van der Waals surface area contributed by atoms with E-state index in [4.69, 9.17) is 9.84 Å². The molecule has 4 heteroatoms. The summed E-state index contributed by atoms with van der Waals surface area (Å²) in [4.78, 5) is 0. The van der Waals surface area contributed by atoms with Gasteiger partial charge in [0.05, 0.1) is 36.4 Å². The van der Waals surface area contributed by atoms with Crippen molar-refractivity contribution in [3.63, 3.8) is 0 Å². The lowest BCUT2D eigenvalue weighted by Crippen LogP contribution is -2.30. The van der Waals surface area contributed by atoms with E-state index in [1.807, 2.05) is 0 Å². The number of fused-ring (bicyclic) bond motifs is 1. The highest BCUT2D eigenvalue weighted by Gasteiger charge is 2.28. The zero-order valence-corrected chi connectivity index (χ0v) is 11.0. The van der Waals surface area contributed by atoms with Crippen LogP contribution in [0.1, 0.15) is 30.5 Å². The quantitative estimate of drug-likeness (QED) is 0.895. The van der Waals surface area contributed by atoms with E-state index in [1.165, 1.54) is 29.4 Å². The normalized spacial score (nSPS) is 21.7. The van der Waals surface area contributed by atoms with Crippen LogP contribution in [-0.2, 0) is 4.74 Å². The summed E-state index contributed by atoms with van der Waals surface area (Å²) in [6, 6.07) is 9.17. The van der Waals surface area contributed by atoms with Crippen molar-refractivity contribution < 1.29 is 4.74 Å². The van der Waals surface area contributed by atoms with Crippen LogP contribution in [0.4, 0.5) is 0 Å². The van der Waals surface area contributed by atoms with Crippen LogP contribution in [-0.4, -0.2) is 36.1 Å². The van der Waals surface area contributed by atoms with E-state index in [2.05, 4.69) is 34.3 Å². The van der Waals surface area contributed by atoms with E-state index >= 15 is 0 Å². The molecule has 4 nitrogen and oxygen atoms in total. The van der Waals surface area contributed by atoms with Crippen LogP contribution < -0.4 is 5.32 Å². The SMILES string of the molecule is c1ccc2c(c1)c(C1COC1)nn2C1CCNCC1. The molecule has 0 atom stereocenters. The molecule has 0 radical (unpaired) electrons. The lowest BCUT2D eigenvalue weighted by Gasteiger charge is -2.25. The van der Waals surface area contributed by atoms with Gasteiger partial charge in [0.2, 0.25) is 0 Å². The first-order chi connectivity index (χ1) is 9.43. The van der Waals surface area contributed by atoms with E-state index in [1.54, 1.807) is 0 Å². The van der Waals surface area contributed by atoms with Gasteiger partial charge in [-0.05, 0) is 32.0 Å². The number of benzene rings is 1.